The first-order chi connectivity index (χ1) is 6.92. The summed E-state index contributed by atoms with van der Waals surface area (Å²) in [6.07, 6.45) is 6.62. The van der Waals surface area contributed by atoms with Crippen LogP contribution in [0.25, 0.3) is 0 Å². The lowest BCUT2D eigenvalue weighted by Crippen LogP contribution is -2.35. The van der Waals surface area contributed by atoms with E-state index in [2.05, 4.69) is 14.3 Å². The van der Waals surface area contributed by atoms with Gasteiger partial charge in [-0.3, -0.25) is 0 Å². The van der Waals surface area contributed by atoms with Gasteiger partial charge in [0, 0.05) is 24.1 Å². The van der Waals surface area contributed by atoms with E-state index in [1.54, 1.807) is 6.33 Å². The second kappa shape index (κ2) is 4.70. The number of aliphatic hydroxyl groups excluding tert-OH is 1. The van der Waals surface area contributed by atoms with Crippen LogP contribution in [0, 0.1) is 0 Å². The lowest BCUT2D eigenvalue weighted by Gasteiger charge is -2.27. The Morgan fingerprint density at radius 1 is 1.50 bits per heavy atom. The largest absolute Gasteiger partial charge is 0.395 e. The summed E-state index contributed by atoms with van der Waals surface area (Å²) in [7, 11) is 0. The second-order valence-corrected chi connectivity index (χ2v) is 4.34. The summed E-state index contributed by atoms with van der Waals surface area (Å²) < 4.78 is 4.00. The van der Waals surface area contributed by atoms with Gasteiger partial charge in [-0.05, 0) is 12.8 Å². The molecule has 0 spiro atoms. The van der Waals surface area contributed by atoms with Gasteiger partial charge >= 0.3 is 0 Å². The van der Waals surface area contributed by atoms with Crippen molar-refractivity contribution in [3.05, 3.63) is 6.33 Å². The number of aliphatic hydroxyl groups is 1. The molecule has 1 aromatic heterocycles. The minimum Gasteiger partial charge on any atom is -0.395 e. The van der Waals surface area contributed by atoms with E-state index >= 15 is 0 Å². The lowest BCUT2D eigenvalue weighted by molar-refractivity contribution is 0.297. The van der Waals surface area contributed by atoms with Crippen molar-refractivity contribution in [2.75, 3.05) is 18.1 Å². The minimum atomic E-state index is 0.191. The van der Waals surface area contributed by atoms with Gasteiger partial charge in [-0.2, -0.15) is 4.37 Å². The Hall–Kier alpha value is -0.680. The van der Waals surface area contributed by atoms with E-state index in [0.717, 1.165) is 5.13 Å². The normalized spacial score (nSPS) is 17.5. The molecule has 1 aliphatic rings. The van der Waals surface area contributed by atoms with Crippen molar-refractivity contribution in [3.8, 4) is 0 Å². The molecule has 1 N–H and O–H groups in total. The Kier molecular flexibility index (Phi) is 3.31. The summed E-state index contributed by atoms with van der Waals surface area (Å²) in [4.78, 5) is 6.40. The van der Waals surface area contributed by atoms with Gasteiger partial charge in [0.15, 0.2) is 0 Å². The monoisotopic (exact) mass is 213 g/mol. The fourth-order valence-electron chi connectivity index (χ4n) is 2.05. The van der Waals surface area contributed by atoms with E-state index in [0.29, 0.717) is 12.6 Å². The molecular formula is C9H15N3OS. The van der Waals surface area contributed by atoms with E-state index < -0.39 is 0 Å². The van der Waals surface area contributed by atoms with Crippen molar-refractivity contribution in [3.63, 3.8) is 0 Å². The van der Waals surface area contributed by atoms with Gasteiger partial charge in [0.05, 0.1) is 6.61 Å². The predicted molar refractivity (Wildman–Crippen MR) is 56.6 cm³/mol. The molecule has 14 heavy (non-hydrogen) atoms. The first kappa shape index (κ1) is 9.86. The molecule has 0 amide bonds. The summed E-state index contributed by atoms with van der Waals surface area (Å²) in [6, 6.07) is 0.565. The SMILES string of the molecule is OCCN(c1ncns1)C1CCCC1. The molecule has 4 nitrogen and oxygen atoms in total. The van der Waals surface area contributed by atoms with Gasteiger partial charge in [-0.25, -0.2) is 4.98 Å². The molecule has 0 saturated heterocycles. The van der Waals surface area contributed by atoms with Crippen molar-refractivity contribution in [1.82, 2.24) is 9.36 Å². The molecule has 2 rings (SSSR count). The van der Waals surface area contributed by atoms with E-state index in [9.17, 15) is 0 Å². The quantitative estimate of drug-likeness (QED) is 0.818. The van der Waals surface area contributed by atoms with Gasteiger partial charge in [0.1, 0.15) is 6.33 Å². The van der Waals surface area contributed by atoms with Gasteiger partial charge in [-0.15, -0.1) is 0 Å². The standard InChI is InChI=1S/C9H15N3OS/c13-6-5-12(8-3-1-2-4-8)9-10-7-11-14-9/h7-8,13H,1-6H2. The van der Waals surface area contributed by atoms with Crippen molar-refractivity contribution >= 4 is 16.7 Å². The van der Waals surface area contributed by atoms with Crippen LogP contribution in [-0.4, -0.2) is 33.7 Å². The highest BCUT2D eigenvalue weighted by Crippen LogP contribution is 2.28. The molecule has 1 saturated carbocycles. The maximum Gasteiger partial charge on any atom is 0.205 e. The summed E-state index contributed by atoms with van der Waals surface area (Å²) in [5.41, 5.74) is 0. The van der Waals surface area contributed by atoms with E-state index in [4.69, 9.17) is 5.11 Å². The van der Waals surface area contributed by atoms with Crippen LogP contribution in [0.5, 0.6) is 0 Å². The van der Waals surface area contributed by atoms with Crippen molar-refractivity contribution < 1.29 is 5.11 Å². The Morgan fingerprint density at radius 3 is 2.86 bits per heavy atom. The van der Waals surface area contributed by atoms with Crippen LogP contribution in [0.3, 0.4) is 0 Å². The topological polar surface area (TPSA) is 49.2 Å². The average molecular weight is 213 g/mol. The molecule has 0 aliphatic heterocycles. The fourth-order valence-corrected chi connectivity index (χ4v) is 2.68. The van der Waals surface area contributed by atoms with Gasteiger partial charge < -0.3 is 10.0 Å². The highest BCUT2D eigenvalue weighted by molar-refractivity contribution is 7.09. The lowest BCUT2D eigenvalue weighted by atomic mass is 10.2. The van der Waals surface area contributed by atoms with Crippen LogP contribution in [-0.2, 0) is 0 Å². The van der Waals surface area contributed by atoms with Crippen LogP contribution in [0.15, 0.2) is 6.33 Å². The molecule has 1 heterocycles. The Morgan fingerprint density at radius 2 is 2.29 bits per heavy atom. The molecule has 1 aromatic rings. The third-order valence-corrected chi connectivity index (χ3v) is 3.40. The zero-order chi connectivity index (χ0) is 9.80. The Balaban J connectivity index is 2.06. The fraction of sp³-hybridized carbons (Fsp3) is 0.778. The first-order valence-corrected chi connectivity index (χ1v) is 5.83. The molecule has 1 fully saturated rings. The molecule has 78 valence electrons. The molecule has 1 aliphatic carbocycles. The number of aromatic nitrogens is 2. The molecule has 0 aromatic carbocycles. The molecular weight excluding hydrogens is 198 g/mol. The summed E-state index contributed by atoms with van der Waals surface area (Å²) in [6.45, 7) is 0.871. The minimum absolute atomic E-state index is 0.191. The molecule has 0 radical (unpaired) electrons. The number of nitrogens with zero attached hydrogens (tertiary/aromatic N) is 3. The zero-order valence-electron chi connectivity index (χ0n) is 8.09. The van der Waals surface area contributed by atoms with Gasteiger partial charge in [0.2, 0.25) is 5.13 Å². The molecule has 0 bridgehead atoms. The highest BCUT2D eigenvalue weighted by Gasteiger charge is 2.23. The molecule has 5 heteroatoms. The molecule has 0 atom stereocenters. The van der Waals surface area contributed by atoms with Gasteiger partial charge in [-0.1, -0.05) is 12.8 Å². The number of hydrogen-bond acceptors (Lipinski definition) is 5. The average Bonchev–Trinajstić information content (AvgIpc) is 2.87. The zero-order valence-corrected chi connectivity index (χ0v) is 8.91. The Bertz CT molecular complexity index is 259. The van der Waals surface area contributed by atoms with Crippen LogP contribution < -0.4 is 4.90 Å². The predicted octanol–water partition coefficient (Wildman–Crippen LogP) is 1.28. The number of anilines is 1. The number of rotatable bonds is 4. The van der Waals surface area contributed by atoms with E-state index in [1.807, 2.05) is 0 Å². The van der Waals surface area contributed by atoms with Crippen LogP contribution >= 0.6 is 11.5 Å². The first-order valence-electron chi connectivity index (χ1n) is 5.06. The maximum absolute atomic E-state index is 9.01. The van der Waals surface area contributed by atoms with E-state index in [-0.39, 0.29) is 6.61 Å². The summed E-state index contributed by atoms with van der Waals surface area (Å²) >= 11 is 1.41. The van der Waals surface area contributed by atoms with E-state index in [1.165, 1.54) is 37.2 Å². The third-order valence-electron chi connectivity index (χ3n) is 2.70. The van der Waals surface area contributed by atoms with Crippen molar-refractivity contribution in [1.29, 1.82) is 0 Å². The van der Waals surface area contributed by atoms with Crippen LogP contribution in [0.2, 0.25) is 0 Å². The second-order valence-electron chi connectivity index (χ2n) is 3.58. The van der Waals surface area contributed by atoms with Crippen LogP contribution in [0.1, 0.15) is 25.7 Å². The Labute approximate surface area is 87.8 Å². The smallest absolute Gasteiger partial charge is 0.205 e. The highest BCUT2D eigenvalue weighted by atomic mass is 32.1. The number of hydrogen-bond donors (Lipinski definition) is 1. The van der Waals surface area contributed by atoms with Crippen LogP contribution in [0.4, 0.5) is 5.13 Å². The van der Waals surface area contributed by atoms with Crippen molar-refractivity contribution in [2.24, 2.45) is 0 Å². The third kappa shape index (κ3) is 2.04. The van der Waals surface area contributed by atoms with Crippen molar-refractivity contribution in [2.45, 2.75) is 31.7 Å². The summed E-state index contributed by atoms with van der Waals surface area (Å²) in [5.74, 6) is 0. The maximum atomic E-state index is 9.01. The van der Waals surface area contributed by atoms with Gasteiger partial charge in [0.25, 0.3) is 0 Å². The molecule has 0 unspecified atom stereocenters. The summed E-state index contributed by atoms with van der Waals surface area (Å²) in [5, 5.41) is 9.96.